The van der Waals surface area contributed by atoms with E-state index in [0.29, 0.717) is 15.5 Å². The molecule has 1 fully saturated rings. The van der Waals surface area contributed by atoms with Gasteiger partial charge < -0.3 is 9.64 Å². The average molecular weight is 483 g/mol. The number of ether oxygens (including phenoxy) is 1. The molecular formula is C18H18ClF3N2O4S2. The Morgan fingerprint density at radius 1 is 1.07 bits per heavy atom. The summed E-state index contributed by atoms with van der Waals surface area (Å²) in [4.78, 5) is 14.2. The van der Waals surface area contributed by atoms with E-state index in [9.17, 15) is 26.4 Å². The first-order valence-electron chi connectivity index (χ1n) is 8.84. The summed E-state index contributed by atoms with van der Waals surface area (Å²) in [7, 11) is -3.64. The van der Waals surface area contributed by atoms with Gasteiger partial charge in [-0.15, -0.1) is 11.3 Å². The minimum atomic E-state index is -4.39. The molecule has 3 rings (SSSR count). The molecule has 1 saturated heterocycles. The standard InChI is InChI=1S/C18H18ClF3N2O4S2/c19-15-5-6-16(29-15)30(26,27)24-9-7-23(8-10-24)17(25)14-3-1-13(2-4-14)11-28-12-18(20,21)22/h1-6H,7-12H2. The molecule has 0 aliphatic carbocycles. The van der Waals surface area contributed by atoms with Gasteiger partial charge in [0.05, 0.1) is 10.9 Å². The van der Waals surface area contributed by atoms with Gasteiger partial charge in [-0.2, -0.15) is 17.5 Å². The van der Waals surface area contributed by atoms with Crippen LogP contribution in [-0.4, -0.2) is 62.5 Å². The highest BCUT2D eigenvalue weighted by Gasteiger charge is 2.31. The first-order chi connectivity index (χ1) is 14.1. The van der Waals surface area contributed by atoms with E-state index in [2.05, 4.69) is 4.74 Å². The Bertz CT molecular complexity index is 986. The Morgan fingerprint density at radius 3 is 2.23 bits per heavy atom. The lowest BCUT2D eigenvalue weighted by atomic mass is 10.1. The third-order valence-electron chi connectivity index (χ3n) is 4.40. The van der Waals surface area contributed by atoms with Gasteiger partial charge in [-0.05, 0) is 29.8 Å². The maximum absolute atomic E-state index is 12.6. The SMILES string of the molecule is O=C(c1ccc(COCC(F)(F)F)cc1)N1CCN(S(=O)(=O)c2ccc(Cl)s2)CC1. The Labute approximate surface area is 180 Å². The van der Waals surface area contributed by atoms with Crippen molar-refractivity contribution in [2.75, 3.05) is 32.8 Å². The molecule has 0 unspecified atom stereocenters. The molecule has 0 saturated carbocycles. The number of thiophene rings is 1. The molecule has 0 N–H and O–H groups in total. The zero-order valence-corrected chi connectivity index (χ0v) is 18.0. The maximum Gasteiger partial charge on any atom is 0.411 e. The third kappa shape index (κ3) is 5.73. The second kappa shape index (κ2) is 9.23. The van der Waals surface area contributed by atoms with Crippen molar-refractivity contribution >= 4 is 38.9 Å². The van der Waals surface area contributed by atoms with Gasteiger partial charge >= 0.3 is 6.18 Å². The summed E-state index contributed by atoms with van der Waals surface area (Å²) in [5.74, 6) is -0.269. The van der Waals surface area contributed by atoms with E-state index < -0.39 is 22.8 Å². The van der Waals surface area contributed by atoms with E-state index in [1.165, 1.54) is 40.7 Å². The molecule has 1 aromatic carbocycles. The van der Waals surface area contributed by atoms with Crippen molar-refractivity contribution in [2.45, 2.75) is 17.0 Å². The molecule has 2 heterocycles. The second-order valence-corrected chi connectivity index (χ2v) is 10.4. The molecule has 1 amide bonds. The molecule has 6 nitrogen and oxygen atoms in total. The lowest BCUT2D eigenvalue weighted by molar-refractivity contribution is -0.176. The van der Waals surface area contributed by atoms with Crippen LogP contribution in [0.2, 0.25) is 4.34 Å². The number of amides is 1. The number of rotatable bonds is 6. The number of sulfonamides is 1. The third-order valence-corrected chi connectivity index (χ3v) is 8.00. The summed E-state index contributed by atoms with van der Waals surface area (Å²) in [5.41, 5.74) is 0.886. The number of benzene rings is 1. The van der Waals surface area contributed by atoms with Gasteiger partial charge in [0.2, 0.25) is 0 Å². The van der Waals surface area contributed by atoms with Gasteiger partial charge in [-0.25, -0.2) is 8.42 Å². The van der Waals surface area contributed by atoms with Crippen LogP contribution in [0.5, 0.6) is 0 Å². The van der Waals surface area contributed by atoms with E-state index in [4.69, 9.17) is 11.6 Å². The second-order valence-electron chi connectivity index (χ2n) is 6.56. The molecule has 0 atom stereocenters. The van der Waals surface area contributed by atoms with Crippen molar-refractivity contribution in [3.8, 4) is 0 Å². The van der Waals surface area contributed by atoms with E-state index in [1.807, 2.05) is 0 Å². The average Bonchev–Trinajstić information content (AvgIpc) is 3.14. The fraction of sp³-hybridized carbons (Fsp3) is 0.389. The summed E-state index contributed by atoms with van der Waals surface area (Å²) in [5, 5.41) is 0. The van der Waals surface area contributed by atoms with Gasteiger partial charge in [0.25, 0.3) is 15.9 Å². The molecule has 164 valence electrons. The van der Waals surface area contributed by atoms with Crippen LogP contribution < -0.4 is 0 Å². The molecule has 1 aromatic heterocycles. The van der Waals surface area contributed by atoms with Crippen molar-refractivity contribution in [2.24, 2.45) is 0 Å². The smallest absolute Gasteiger partial charge is 0.367 e. The Balaban J connectivity index is 1.55. The van der Waals surface area contributed by atoms with Crippen LogP contribution in [0.15, 0.2) is 40.6 Å². The molecule has 0 bridgehead atoms. The quantitative estimate of drug-likeness (QED) is 0.630. The molecular weight excluding hydrogens is 465 g/mol. The van der Waals surface area contributed by atoms with Gasteiger partial charge in [-0.1, -0.05) is 23.7 Å². The minimum Gasteiger partial charge on any atom is -0.367 e. The van der Waals surface area contributed by atoms with Crippen molar-refractivity contribution in [1.29, 1.82) is 0 Å². The monoisotopic (exact) mass is 482 g/mol. The van der Waals surface area contributed by atoms with E-state index in [1.54, 1.807) is 4.90 Å². The number of carbonyl (C=O) groups is 1. The predicted molar refractivity (Wildman–Crippen MR) is 106 cm³/mol. The lowest BCUT2D eigenvalue weighted by Gasteiger charge is -2.33. The van der Waals surface area contributed by atoms with Crippen LogP contribution in [0, 0.1) is 0 Å². The number of hydrogen-bond donors (Lipinski definition) is 0. The maximum atomic E-state index is 12.6. The van der Waals surface area contributed by atoms with Crippen LogP contribution in [0.1, 0.15) is 15.9 Å². The van der Waals surface area contributed by atoms with E-state index >= 15 is 0 Å². The number of halogens is 4. The normalized spacial score (nSPS) is 16.1. The number of hydrogen-bond acceptors (Lipinski definition) is 5. The molecule has 30 heavy (non-hydrogen) atoms. The fourth-order valence-electron chi connectivity index (χ4n) is 2.91. The highest BCUT2D eigenvalue weighted by atomic mass is 35.5. The highest BCUT2D eigenvalue weighted by molar-refractivity contribution is 7.91. The molecule has 2 aromatic rings. The van der Waals surface area contributed by atoms with Crippen molar-refractivity contribution < 1.29 is 31.1 Å². The fourth-order valence-corrected chi connectivity index (χ4v) is 5.97. The Morgan fingerprint density at radius 2 is 1.70 bits per heavy atom. The molecule has 1 aliphatic heterocycles. The van der Waals surface area contributed by atoms with Gasteiger partial charge in [0, 0.05) is 31.7 Å². The molecule has 0 radical (unpaired) electrons. The summed E-state index contributed by atoms with van der Waals surface area (Å²) in [6, 6.07) is 9.09. The first kappa shape index (κ1) is 23.0. The number of alkyl halides is 3. The zero-order chi connectivity index (χ0) is 21.9. The topological polar surface area (TPSA) is 66.9 Å². The summed E-state index contributed by atoms with van der Waals surface area (Å²) in [6.45, 7) is -0.767. The Kier molecular flexibility index (Phi) is 7.08. The minimum absolute atomic E-state index is 0.160. The van der Waals surface area contributed by atoms with E-state index in [-0.39, 0.29) is 42.9 Å². The van der Waals surface area contributed by atoms with Gasteiger partial charge in [0.15, 0.2) is 0 Å². The van der Waals surface area contributed by atoms with Gasteiger partial charge in [-0.3, -0.25) is 4.79 Å². The predicted octanol–water partition coefficient (Wildman–Crippen LogP) is 3.63. The number of nitrogens with zero attached hydrogens (tertiary/aromatic N) is 2. The Hall–Kier alpha value is -1.66. The molecule has 0 spiro atoms. The van der Waals surface area contributed by atoms with Gasteiger partial charge in [0.1, 0.15) is 10.8 Å². The number of carbonyl (C=O) groups excluding carboxylic acids is 1. The van der Waals surface area contributed by atoms with Crippen molar-refractivity contribution in [1.82, 2.24) is 9.21 Å². The van der Waals surface area contributed by atoms with Crippen LogP contribution in [-0.2, 0) is 21.4 Å². The molecule has 12 heteroatoms. The van der Waals surface area contributed by atoms with Crippen LogP contribution in [0.3, 0.4) is 0 Å². The summed E-state index contributed by atoms with van der Waals surface area (Å²) < 4.78 is 68.0. The largest absolute Gasteiger partial charge is 0.411 e. The van der Waals surface area contributed by atoms with Crippen molar-refractivity contribution in [3.63, 3.8) is 0 Å². The van der Waals surface area contributed by atoms with E-state index in [0.717, 1.165) is 11.3 Å². The lowest BCUT2D eigenvalue weighted by Crippen LogP contribution is -2.50. The zero-order valence-electron chi connectivity index (χ0n) is 15.6. The summed E-state index contributed by atoms with van der Waals surface area (Å²) >= 11 is 6.80. The van der Waals surface area contributed by atoms with Crippen molar-refractivity contribution in [3.05, 3.63) is 51.9 Å². The highest BCUT2D eigenvalue weighted by Crippen LogP contribution is 2.28. The first-order valence-corrected chi connectivity index (χ1v) is 11.5. The van der Waals surface area contributed by atoms with Crippen LogP contribution >= 0.6 is 22.9 Å². The summed E-state index contributed by atoms with van der Waals surface area (Å²) in [6.07, 6.45) is -4.39. The number of piperazine rings is 1. The van der Waals surface area contributed by atoms with Crippen LogP contribution in [0.25, 0.3) is 0 Å². The van der Waals surface area contributed by atoms with Crippen LogP contribution in [0.4, 0.5) is 13.2 Å². The molecule has 1 aliphatic rings.